The maximum atomic E-state index is 5.91. The van der Waals surface area contributed by atoms with Crippen LogP contribution in [-0.2, 0) is 21.7 Å². The number of rotatable bonds is 5. The zero-order valence-corrected chi connectivity index (χ0v) is 15.4. The maximum absolute atomic E-state index is 5.91. The van der Waals surface area contributed by atoms with Gasteiger partial charge in [-0.25, -0.2) is 9.97 Å². The van der Waals surface area contributed by atoms with E-state index in [1.165, 1.54) is 6.42 Å². The Kier molecular flexibility index (Phi) is 5.79. The molecule has 1 aliphatic rings. The smallest absolute Gasteiger partial charge is 0.163 e. The fraction of sp³-hybridized carbons (Fsp3) is 0.733. The van der Waals surface area contributed by atoms with E-state index in [1.807, 2.05) is 7.05 Å². The Labute approximate surface area is 140 Å². The highest BCUT2D eigenvalue weighted by Crippen LogP contribution is 2.41. The quantitative estimate of drug-likeness (QED) is 0.762. The van der Waals surface area contributed by atoms with E-state index in [0.717, 1.165) is 40.2 Å². The number of aromatic nitrogens is 2. The van der Waals surface area contributed by atoms with Gasteiger partial charge in [-0.05, 0) is 47.8 Å². The van der Waals surface area contributed by atoms with Crippen LogP contribution in [-0.4, -0.2) is 31.2 Å². The number of halogens is 1. The largest absolute Gasteiger partial charge is 0.378 e. The second kappa shape index (κ2) is 7.19. The molecular formula is C15H24IN3O2. The Balaban J connectivity index is 2.47. The molecule has 0 amide bonds. The van der Waals surface area contributed by atoms with E-state index < -0.39 is 0 Å². The van der Waals surface area contributed by atoms with E-state index in [4.69, 9.17) is 19.4 Å². The summed E-state index contributed by atoms with van der Waals surface area (Å²) in [6, 6.07) is 0. The van der Waals surface area contributed by atoms with Gasteiger partial charge < -0.3 is 14.8 Å². The summed E-state index contributed by atoms with van der Waals surface area (Å²) in [6.45, 7) is 2.76. The predicted molar refractivity (Wildman–Crippen MR) is 91.3 cm³/mol. The molecule has 1 saturated carbocycles. The molecule has 6 heteroatoms. The van der Waals surface area contributed by atoms with E-state index in [1.54, 1.807) is 14.2 Å². The SMILES string of the molecule is CNc1nc(C2(OC)CCCC(C)C2)nc(COC)c1I. The van der Waals surface area contributed by atoms with Crippen LogP contribution in [0.1, 0.15) is 44.1 Å². The lowest BCUT2D eigenvalue weighted by Gasteiger charge is -2.37. The van der Waals surface area contributed by atoms with Crippen LogP contribution >= 0.6 is 22.6 Å². The first-order valence-electron chi connectivity index (χ1n) is 7.35. The summed E-state index contributed by atoms with van der Waals surface area (Å²) < 4.78 is 12.2. The highest BCUT2D eigenvalue weighted by Gasteiger charge is 2.40. The van der Waals surface area contributed by atoms with Crippen molar-refractivity contribution in [3.8, 4) is 0 Å². The molecule has 0 saturated heterocycles. The minimum Gasteiger partial charge on any atom is -0.378 e. The van der Waals surface area contributed by atoms with Crippen LogP contribution in [0.15, 0.2) is 0 Å². The molecule has 1 N–H and O–H groups in total. The number of nitrogens with one attached hydrogen (secondary N) is 1. The molecule has 0 bridgehead atoms. The standard InChI is InChI=1S/C15H24IN3O2/c1-10-6-5-7-15(8-10,21-4)14-18-11(9-20-3)12(16)13(17-2)19-14/h10H,5-9H2,1-4H3,(H,17,18,19). The van der Waals surface area contributed by atoms with Crippen molar-refractivity contribution in [2.75, 3.05) is 26.6 Å². The van der Waals surface area contributed by atoms with E-state index in [-0.39, 0.29) is 5.60 Å². The van der Waals surface area contributed by atoms with Gasteiger partial charge in [0.15, 0.2) is 5.82 Å². The normalized spacial score (nSPS) is 25.9. The summed E-state index contributed by atoms with van der Waals surface area (Å²) in [4.78, 5) is 9.49. The topological polar surface area (TPSA) is 56.3 Å². The van der Waals surface area contributed by atoms with Gasteiger partial charge in [-0.2, -0.15) is 0 Å². The highest BCUT2D eigenvalue weighted by molar-refractivity contribution is 14.1. The third-order valence-corrected chi connectivity index (χ3v) is 5.33. The second-order valence-corrected chi connectivity index (χ2v) is 6.82. The molecule has 0 aliphatic heterocycles. The molecule has 0 aromatic carbocycles. The maximum Gasteiger partial charge on any atom is 0.163 e. The van der Waals surface area contributed by atoms with Crippen LogP contribution in [0, 0.1) is 9.49 Å². The Morgan fingerprint density at radius 3 is 2.71 bits per heavy atom. The summed E-state index contributed by atoms with van der Waals surface area (Å²) in [6.07, 6.45) is 4.35. The molecule has 2 unspecified atom stereocenters. The van der Waals surface area contributed by atoms with Crippen molar-refractivity contribution in [1.82, 2.24) is 9.97 Å². The lowest BCUT2D eigenvalue weighted by atomic mass is 9.78. The molecule has 1 aromatic rings. The van der Waals surface area contributed by atoms with Gasteiger partial charge >= 0.3 is 0 Å². The predicted octanol–water partition coefficient (Wildman–Crippen LogP) is 3.32. The summed E-state index contributed by atoms with van der Waals surface area (Å²) >= 11 is 2.26. The fourth-order valence-corrected chi connectivity index (χ4v) is 3.74. The molecule has 1 heterocycles. The Bertz CT molecular complexity index is 498. The van der Waals surface area contributed by atoms with Gasteiger partial charge in [0.05, 0.1) is 15.9 Å². The van der Waals surface area contributed by atoms with Gasteiger partial charge in [0.25, 0.3) is 0 Å². The summed E-state index contributed by atoms with van der Waals surface area (Å²) in [5, 5.41) is 3.16. The van der Waals surface area contributed by atoms with Gasteiger partial charge in [-0.1, -0.05) is 13.3 Å². The van der Waals surface area contributed by atoms with E-state index in [2.05, 4.69) is 34.8 Å². The molecule has 1 aliphatic carbocycles. The Morgan fingerprint density at radius 1 is 1.38 bits per heavy atom. The third-order valence-electron chi connectivity index (χ3n) is 4.19. The minimum absolute atomic E-state index is 0.365. The van der Waals surface area contributed by atoms with Crippen molar-refractivity contribution in [3.63, 3.8) is 0 Å². The minimum atomic E-state index is -0.365. The average Bonchev–Trinajstić information content (AvgIpc) is 2.49. The number of anilines is 1. The number of nitrogens with zero attached hydrogens (tertiary/aromatic N) is 2. The number of hydrogen-bond acceptors (Lipinski definition) is 5. The first kappa shape index (κ1) is 16.9. The van der Waals surface area contributed by atoms with Crippen molar-refractivity contribution in [2.45, 2.75) is 44.8 Å². The molecule has 2 atom stereocenters. The number of ether oxygens (including phenoxy) is 2. The van der Waals surface area contributed by atoms with Crippen molar-refractivity contribution in [1.29, 1.82) is 0 Å². The van der Waals surface area contributed by atoms with Crippen molar-refractivity contribution < 1.29 is 9.47 Å². The lowest BCUT2D eigenvalue weighted by Crippen LogP contribution is -2.36. The number of hydrogen-bond donors (Lipinski definition) is 1. The number of methoxy groups -OCH3 is 2. The zero-order chi connectivity index (χ0) is 15.5. The van der Waals surface area contributed by atoms with Gasteiger partial charge in [-0.15, -0.1) is 0 Å². The first-order chi connectivity index (χ1) is 10.1. The molecule has 1 fully saturated rings. The fourth-order valence-electron chi connectivity index (χ4n) is 3.08. The monoisotopic (exact) mass is 405 g/mol. The Morgan fingerprint density at radius 2 is 2.14 bits per heavy atom. The zero-order valence-electron chi connectivity index (χ0n) is 13.2. The summed E-state index contributed by atoms with van der Waals surface area (Å²) in [5.74, 6) is 2.26. The second-order valence-electron chi connectivity index (χ2n) is 5.74. The van der Waals surface area contributed by atoms with Crippen LogP contribution in [0.25, 0.3) is 0 Å². The first-order valence-corrected chi connectivity index (χ1v) is 8.43. The van der Waals surface area contributed by atoms with E-state index in [9.17, 15) is 0 Å². The molecular weight excluding hydrogens is 381 g/mol. The van der Waals surface area contributed by atoms with Crippen molar-refractivity contribution >= 4 is 28.4 Å². The van der Waals surface area contributed by atoms with E-state index >= 15 is 0 Å². The van der Waals surface area contributed by atoms with Gasteiger partial charge in [0.1, 0.15) is 11.4 Å². The molecule has 118 valence electrons. The van der Waals surface area contributed by atoms with Crippen LogP contribution in [0.3, 0.4) is 0 Å². The Hall–Kier alpha value is -0.470. The molecule has 21 heavy (non-hydrogen) atoms. The van der Waals surface area contributed by atoms with Crippen LogP contribution in [0.4, 0.5) is 5.82 Å². The highest BCUT2D eigenvalue weighted by atomic mass is 127. The van der Waals surface area contributed by atoms with Crippen molar-refractivity contribution in [2.24, 2.45) is 5.92 Å². The van der Waals surface area contributed by atoms with Gasteiger partial charge in [-0.3, -0.25) is 0 Å². The van der Waals surface area contributed by atoms with Crippen LogP contribution in [0.5, 0.6) is 0 Å². The van der Waals surface area contributed by atoms with Gasteiger partial charge in [0.2, 0.25) is 0 Å². The molecule has 0 radical (unpaired) electrons. The molecule has 1 aromatic heterocycles. The van der Waals surface area contributed by atoms with E-state index in [0.29, 0.717) is 12.5 Å². The summed E-state index contributed by atoms with van der Waals surface area (Å²) in [7, 11) is 5.34. The van der Waals surface area contributed by atoms with Crippen LogP contribution in [0.2, 0.25) is 0 Å². The molecule has 5 nitrogen and oxygen atoms in total. The molecule has 0 spiro atoms. The summed E-state index contributed by atoms with van der Waals surface area (Å²) in [5.41, 5.74) is 0.554. The third kappa shape index (κ3) is 3.48. The van der Waals surface area contributed by atoms with Crippen molar-refractivity contribution in [3.05, 3.63) is 15.1 Å². The lowest BCUT2D eigenvalue weighted by molar-refractivity contribution is -0.0648. The molecule has 2 rings (SSSR count). The van der Waals surface area contributed by atoms with Crippen LogP contribution < -0.4 is 5.32 Å². The average molecular weight is 405 g/mol. The van der Waals surface area contributed by atoms with Gasteiger partial charge in [0, 0.05) is 21.3 Å².